The zero-order chi connectivity index (χ0) is 20.3. The SMILES string of the molecule is CC(C)CNC(=O)c1cn(C2CCN(C(=O)[C@H]3CCOC(C)(C)C3)CC2)nn1. The summed E-state index contributed by atoms with van der Waals surface area (Å²) in [6.07, 6.45) is 4.96. The molecule has 0 spiro atoms. The number of carbonyl (C=O) groups excluding carboxylic acids is 2. The molecule has 0 aliphatic carbocycles. The highest BCUT2D eigenvalue weighted by atomic mass is 16.5. The van der Waals surface area contributed by atoms with Crippen molar-refractivity contribution in [3.8, 4) is 0 Å². The highest BCUT2D eigenvalue weighted by Gasteiger charge is 2.36. The molecular formula is C20H33N5O3. The van der Waals surface area contributed by atoms with Crippen molar-refractivity contribution >= 4 is 11.8 Å². The predicted molar refractivity (Wildman–Crippen MR) is 105 cm³/mol. The monoisotopic (exact) mass is 391 g/mol. The number of carbonyl (C=O) groups is 2. The van der Waals surface area contributed by atoms with Crippen molar-refractivity contribution in [2.75, 3.05) is 26.2 Å². The number of ether oxygens (including phenoxy) is 1. The first-order chi connectivity index (χ1) is 13.2. The summed E-state index contributed by atoms with van der Waals surface area (Å²) in [5, 5.41) is 11.0. The molecular weight excluding hydrogens is 358 g/mol. The molecule has 1 aromatic heterocycles. The maximum absolute atomic E-state index is 12.9. The van der Waals surface area contributed by atoms with Gasteiger partial charge in [0, 0.05) is 32.2 Å². The fourth-order valence-electron chi connectivity index (χ4n) is 4.00. The van der Waals surface area contributed by atoms with Gasteiger partial charge in [0.05, 0.1) is 17.8 Å². The maximum atomic E-state index is 12.9. The van der Waals surface area contributed by atoms with Crippen LogP contribution in [0.15, 0.2) is 6.20 Å². The molecule has 3 heterocycles. The fourth-order valence-corrected chi connectivity index (χ4v) is 4.00. The number of likely N-dealkylation sites (tertiary alicyclic amines) is 1. The van der Waals surface area contributed by atoms with E-state index in [0.29, 0.717) is 24.8 Å². The van der Waals surface area contributed by atoms with Gasteiger partial charge in [-0.25, -0.2) is 4.68 Å². The first-order valence-corrected chi connectivity index (χ1v) is 10.4. The highest BCUT2D eigenvalue weighted by molar-refractivity contribution is 5.91. The van der Waals surface area contributed by atoms with Gasteiger partial charge < -0.3 is 15.0 Å². The van der Waals surface area contributed by atoms with Gasteiger partial charge in [0.25, 0.3) is 5.91 Å². The second-order valence-electron chi connectivity index (χ2n) is 9.04. The largest absolute Gasteiger partial charge is 0.376 e. The molecule has 156 valence electrons. The van der Waals surface area contributed by atoms with Crippen LogP contribution < -0.4 is 5.32 Å². The van der Waals surface area contributed by atoms with E-state index >= 15 is 0 Å². The fraction of sp³-hybridized carbons (Fsp3) is 0.800. The molecule has 1 aromatic rings. The molecule has 0 bridgehead atoms. The van der Waals surface area contributed by atoms with E-state index in [0.717, 1.165) is 38.8 Å². The van der Waals surface area contributed by atoms with E-state index in [9.17, 15) is 9.59 Å². The third kappa shape index (κ3) is 5.10. The number of piperidine rings is 1. The number of rotatable bonds is 5. The minimum atomic E-state index is -0.218. The van der Waals surface area contributed by atoms with Gasteiger partial charge in [0.1, 0.15) is 0 Å². The summed E-state index contributed by atoms with van der Waals surface area (Å²) >= 11 is 0. The smallest absolute Gasteiger partial charge is 0.273 e. The standard InChI is InChI=1S/C20H33N5O3/c1-14(2)12-21-18(26)17-13-25(23-22-17)16-5-8-24(9-6-16)19(27)15-7-10-28-20(3,4)11-15/h13-16H,5-12H2,1-4H3,(H,21,26)/t15-/m0/s1. The van der Waals surface area contributed by atoms with Crippen LogP contribution in [0.1, 0.15) is 69.9 Å². The molecule has 8 heteroatoms. The predicted octanol–water partition coefficient (Wildman–Crippen LogP) is 2.03. The van der Waals surface area contributed by atoms with Crippen molar-refractivity contribution in [1.29, 1.82) is 0 Å². The summed E-state index contributed by atoms with van der Waals surface area (Å²) in [5.41, 5.74) is 0.132. The highest BCUT2D eigenvalue weighted by Crippen LogP contribution is 2.31. The van der Waals surface area contributed by atoms with E-state index in [1.165, 1.54) is 0 Å². The number of nitrogens with one attached hydrogen (secondary N) is 1. The number of hydrogen-bond donors (Lipinski definition) is 1. The third-order valence-electron chi connectivity index (χ3n) is 5.61. The van der Waals surface area contributed by atoms with E-state index in [4.69, 9.17) is 4.74 Å². The quantitative estimate of drug-likeness (QED) is 0.830. The van der Waals surface area contributed by atoms with Crippen molar-refractivity contribution in [3.05, 3.63) is 11.9 Å². The molecule has 1 atom stereocenters. The van der Waals surface area contributed by atoms with Gasteiger partial charge >= 0.3 is 0 Å². The summed E-state index contributed by atoms with van der Waals surface area (Å²) in [5.74, 6) is 0.516. The van der Waals surface area contributed by atoms with Crippen LogP contribution in [0.2, 0.25) is 0 Å². The van der Waals surface area contributed by atoms with Gasteiger partial charge in [0.15, 0.2) is 5.69 Å². The van der Waals surface area contributed by atoms with Crippen LogP contribution in [-0.2, 0) is 9.53 Å². The Bertz CT molecular complexity index is 692. The van der Waals surface area contributed by atoms with Gasteiger partial charge in [-0.05, 0) is 45.4 Å². The molecule has 28 heavy (non-hydrogen) atoms. The molecule has 2 aliphatic heterocycles. The van der Waals surface area contributed by atoms with Crippen LogP contribution in [0, 0.1) is 11.8 Å². The average Bonchev–Trinajstić information content (AvgIpc) is 3.15. The molecule has 0 radical (unpaired) electrons. The zero-order valence-electron chi connectivity index (χ0n) is 17.5. The zero-order valence-corrected chi connectivity index (χ0v) is 17.5. The Balaban J connectivity index is 1.51. The molecule has 1 N–H and O–H groups in total. The molecule has 2 amide bonds. The van der Waals surface area contributed by atoms with Gasteiger partial charge in [-0.3, -0.25) is 9.59 Å². The number of nitrogens with zero attached hydrogens (tertiary/aromatic N) is 4. The Labute approximate surface area is 167 Å². The van der Waals surface area contributed by atoms with E-state index in [-0.39, 0.29) is 29.4 Å². The molecule has 0 aromatic carbocycles. The lowest BCUT2D eigenvalue weighted by Crippen LogP contribution is -2.46. The normalized spacial score (nSPS) is 23.0. The van der Waals surface area contributed by atoms with Crippen LogP contribution in [-0.4, -0.2) is 63.6 Å². The lowest BCUT2D eigenvalue weighted by molar-refractivity contribution is -0.146. The average molecular weight is 392 g/mol. The molecule has 0 saturated carbocycles. The molecule has 2 aliphatic rings. The van der Waals surface area contributed by atoms with Crippen molar-refractivity contribution in [2.45, 2.75) is 65.0 Å². The van der Waals surface area contributed by atoms with Gasteiger partial charge in [-0.1, -0.05) is 19.1 Å². The Hall–Kier alpha value is -1.96. The summed E-state index contributed by atoms with van der Waals surface area (Å²) in [4.78, 5) is 27.0. The first-order valence-electron chi connectivity index (χ1n) is 10.4. The lowest BCUT2D eigenvalue weighted by Gasteiger charge is -2.39. The maximum Gasteiger partial charge on any atom is 0.273 e. The third-order valence-corrected chi connectivity index (χ3v) is 5.61. The summed E-state index contributed by atoms with van der Waals surface area (Å²) < 4.78 is 7.52. The molecule has 0 unspecified atom stereocenters. The number of aromatic nitrogens is 3. The Morgan fingerprint density at radius 2 is 2.00 bits per heavy atom. The molecule has 3 rings (SSSR count). The topological polar surface area (TPSA) is 89.4 Å². The van der Waals surface area contributed by atoms with Crippen molar-refractivity contribution in [3.63, 3.8) is 0 Å². The Morgan fingerprint density at radius 1 is 1.29 bits per heavy atom. The Morgan fingerprint density at radius 3 is 2.64 bits per heavy atom. The van der Waals surface area contributed by atoms with Crippen LogP contribution >= 0.6 is 0 Å². The summed E-state index contributed by atoms with van der Waals surface area (Å²) in [6.45, 7) is 10.9. The Kier molecular flexibility index (Phi) is 6.37. The van der Waals surface area contributed by atoms with Crippen LogP contribution in [0.5, 0.6) is 0 Å². The number of amides is 2. The summed E-state index contributed by atoms with van der Waals surface area (Å²) in [6, 6.07) is 0.175. The first kappa shape index (κ1) is 20.8. The molecule has 8 nitrogen and oxygen atoms in total. The van der Waals surface area contributed by atoms with Crippen molar-refractivity contribution in [2.24, 2.45) is 11.8 Å². The second-order valence-corrected chi connectivity index (χ2v) is 9.04. The van der Waals surface area contributed by atoms with Crippen LogP contribution in [0.4, 0.5) is 0 Å². The van der Waals surface area contributed by atoms with E-state index in [2.05, 4.69) is 29.5 Å². The van der Waals surface area contributed by atoms with Crippen LogP contribution in [0.25, 0.3) is 0 Å². The van der Waals surface area contributed by atoms with Crippen LogP contribution in [0.3, 0.4) is 0 Å². The molecule has 2 saturated heterocycles. The minimum Gasteiger partial charge on any atom is -0.376 e. The van der Waals surface area contributed by atoms with E-state index in [1.807, 2.05) is 18.7 Å². The van der Waals surface area contributed by atoms with Crippen molar-refractivity contribution < 1.29 is 14.3 Å². The summed E-state index contributed by atoms with van der Waals surface area (Å²) in [7, 11) is 0. The van der Waals surface area contributed by atoms with Gasteiger partial charge in [-0.15, -0.1) is 5.10 Å². The second kappa shape index (κ2) is 8.59. The lowest BCUT2D eigenvalue weighted by atomic mass is 9.87. The molecule has 2 fully saturated rings. The van der Waals surface area contributed by atoms with E-state index in [1.54, 1.807) is 10.9 Å². The van der Waals surface area contributed by atoms with Gasteiger partial charge in [-0.2, -0.15) is 0 Å². The van der Waals surface area contributed by atoms with E-state index < -0.39 is 0 Å². The van der Waals surface area contributed by atoms with Crippen molar-refractivity contribution in [1.82, 2.24) is 25.2 Å². The number of hydrogen-bond acceptors (Lipinski definition) is 5. The minimum absolute atomic E-state index is 0.0583. The van der Waals surface area contributed by atoms with Gasteiger partial charge in [0.2, 0.25) is 5.91 Å².